The molecule has 39 heavy (non-hydrogen) atoms. The van der Waals surface area contributed by atoms with E-state index in [1.807, 2.05) is 12.1 Å². The molecule has 4 rings (SSSR count). The SMILES string of the molecule is CCC(CC)(c1ccc(C#CC2(C)CCCCC2)c(C)c1)c1ccc(-c2cccc(CC(=O)OC)c2)c(C)c1. The highest BCUT2D eigenvalue weighted by Crippen LogP contribution is 2.41. The van der Waals surface area contributed by atoms with Gasteiger partial charge in [0.05, 0.1) is 13.5 Å². The Morgan fingerprint density at radius 1 is 0.897 bits per heavy atom. The molecule has 0 atom stereocenters. The van der Waals surface area contributed by atoms with Crippen molar-refractivity contribution < 1.29 is 9.53 Å². The number of hydrogen-bond donors (Lipinski definition) is 0. The van der Waals surface area contributed by atoms with Gasteiger partial charge in [0, 0.05) is 16.4 Å². The van der Waals surface area contributed by atoms with E-state index in [9.17, 15) is 4.79 Å². The van der Waals surface area contributed by atoms with Crippen molar-refractivity contribution in [1.29, 1.82) is 0 Å². The van der Waals surface area contributed by atoms with Gasteiger partial charge in [-0.25, -0.2) is 0 Å². The molecule has 0 N–H and O–H groups in total. The van der Waals surface area contributed by atoms with Gasteiger partial charge < -0.3 is 4.74 Å². The van der Waals surface area contributed by atoms with E-state index < -0.39 is 0 Å². The molecule has 0 spiro atoms. The molecule has 2 heteroatoms. The summed E-state index contributed by atoms with van der Waals surface area (Å²) in [6, 6.07) is 22.1. The lowest BCUT2D eigenvalue weighted by Gasteiger charge is -2.34. The predicted octanol–water partition coefficient (Wildman–Crippen LogP) is 9.11. The normalized spacial score (nSPS) is 14.8. The van der Waals surface area contributed by atoms with Gasteiger partial charge >= 0.3 is 5.97 Å². The van der Waals surface area contributed by atoms with E-state index in [2.05, 4.69) is 95.0 Å². The standard InChI is InChI=1S/C37H44O2/c1-7-37(8-2,32-16-15-30(27(3)23-32)19-22-36(5)20-10-9-11-21-36)33-17-18-34(28(4)24-33)31-14-12-13-29(25-31)26-35(38)39-6/h12-18,23-25H,7-11,20-21,26H2,1-6H3. The van der Waals surface area contributed by atoms with Crippen molar-refractivity contribution >= 4 is 5.97 Å². The van der Waals surface area contributed by atoms with Crippen LogP contribution >= 0.6 is 0 Å². The summed E-state index contributed by atoms with van der Waals surface area (Å²) >= 11 is 0. The third-order valence-corrected chi connectivity index (χ3v) is 9.04. The molecule has 1 aliphatic rings. The summed E-state index contributed by atoms with van der Waals surface area (Å²) in [6.07, 6.45) is 8.73. The first-order valence-electron chi connectivity index (χ1n) is 14.6. The second-order valence-corrected chi connectivity index (χ2v) is 11.7. The molecule has 204 valence electrons. The van der Waals surface area contributed by atoms with Crippen LogP contribution in [0.5, 0.6) is 0 Å². The summed E-state index contributed by atoms with van der Waals surface area (Å²) in [4.78, 5) is 11.8. The predicted molar refractivity (Wildman–Crippen MR) is 163 cm³/mol. The number of ether oxygens (including phenoxy) is 1. The first-order chi connectivity index (χ1) is 18.7. The van der Waals surface area contributed by atoms with Gasteiger partial charge in [-0.3, -0.25) is 4.79 Å². The maximum atomic E-state index is 11.8. The van der Waals surface area contributed by atoms with E-state index in [0.717, 1.165) is 29.5 Å². The van der Waals surface area contributed by atoms with E-state index in [0.29, 0.717) is 0 Å². The zero-order valence-corrected chi connectivity index (χ0v) is 24.7. The van der Waals surface area contributed by atoms with Crippen molar-refractivity contribution in [2.24, 2.45) is 5.41 Å². The lowest BCUT2D eigenvalue weighted by molar-refractivity contribution is -0.139. The van der Waals surface area contributed by atoms with Crippen LogP contribution in [-0.2, 0) is 21.4 Å². The molecule has 0 heterocycles. The smallest absolute Gasteiger partial charge is 0.309 e. The van der Waals surface area contributed by atoms with Crippen molar-refractivity contribution in [3.8, 4) is 23.0 Å². The molecule has 0 saturated heterocycles. The average molecular weight is 521 g/mol. The Balaban J connectivity index is 1.65. The highest BCUT2D eigenvalue weighted by Gasteiger charge is 2.31. The van der Waals surface area contributed by atoms with Crippen LogP contribution in [0, 0.1) is 31.1 Å². The number of hydrogen-bond acceptors (Lipinski definition) is 2. The Morgan fingerprint density at radius 3 is 2.18 bits per heavy atom. The molecule has 0 aliphatic heterocycles. The van der Waals surface area contributed by atoms with Gasteiger partial charge in [0.25, 0.3) is 0 Å². The molecule has 0 amide bonds. The first-order valence-corrected chi connectivity index (χ1v) is 14.6. The van der Waals surface area contributed by atoms with Crippen molar-refractivity contribution in [3.05, 3.63) is 94.0 Å². The highest BCUT2D eigenvalue weighted by molar-refractivity contribution is 5.74. The van der Waals surface area contributed by atoms with Gasteiger partial charge in [0.2, 0.25) is 0 Å². The van der Waals surface area contributed by atoms with Crippen molar-refractivity contribution in [2.75, 3.05) is 7.11 Å². The lowest BCUT2D eigenvalue weighted by atomic mass is 9.69. The van der Waals surface area contributed by atoms with Gasteiger partial charge in [-0.05, 0) is 91.5 Å². The van der Waals surface area contributed by atoms with Crippen LogP contribution in [0.4, 0.5) is 0 Å². The Labute approximate surface area is 236 Å². The molecule has 1 fully saturated rings. The van der Waals surface area contributed by atoms with E-state index >= 15 is 0 Å². The number of methoxy groups -OCH3 is 1. The van der Waals surface area contributed by atoms with Crippen LogP contribution in [-0.4, -0.2) is 13.1 Å². The fraction of sp³-hybridized carbons (Fsp3) is 0.432. The number of rotatable bonds is 7. The second-order valence-electron chi connectivity index (χ2n) is 11.7. The van der Waals surface area contributed by atoms with Crippen molar-refractivity contribution in [3.63, 3.8) is 0 Å². The molecular formula is C37H44O2. The van der Waals surface area contributed by atoms with Crippen molar-refractivity contribution in [2.45, 2.75) is 91.4 Å². The van der Waals surface area contributed by atoms with E-state index in [1.165, 1.54) is 67.0 Å². The fourth-order valence-corrected chi connectivity index (χ4v) is 6.38. The zero-order valence-electron chi connectivity index (χ0n) is 24.7. The molecular weight excluding hydrogens is 476 g/mol. The van der Waals surface area contributed by atoms with Gasteiger partial charge in [-0.2, -0.15) is 0 Å². The maximum Gasteiger partial charge on any atom is 0.309 e. The Bertz CT molecular complexity index is 1370. The van der Waals surface area contributed by atoms with Crippen LogP contribution in [0.15, 0.2) is 60.7 Å². The van der Waals surface area contributed by atoms with Gasteiger partial charge in [-0.15, -0.1) is 0 Å². The summed E-state index contributed by atoms with van der Waals surface area (Å²) < 4.78 is 4.86. The Morgan fingerprint density at radius 2 is 1.56 bits per heavy atom. The number of carbonyl (C=O) groups is 1. The molecule has 0 bridgehead atoms. The summed E-state index contributed by atoms with van der Waals surface area (Å²) in [5.41, 5.74) is 9.80. The third-order valence-electron chi connectivity index (χ3n) is 9.04. The number of carbonyl (C=O) groups excluding carboxylic acids is 1. The van der Waals surface area contributed by atoms with E-state index in [-0.39, 0.29) is 23.2 Å². The minimum absolute atomic E-state index is 0.0535. The van der Waals surface area contributed by atoms with Gasteiger partial charge in [0.15, 0.2) is 0 Å². The largest absolute Gasteiger partial charge is 0.469 e. The summed E-state index contributed by atoms with van der Waals surface area (Å²) in [5.74, 6) is 6.98. The average Bonchev–Trinajstić information content (AvgIpc) is 2.94. The maximum absolute atomic E-state index is 11.8. The van der Waals surface area contributed by atoms with Crippen LogP contribution in [0.3, 0.4) is 0 Å². The van der Waals surface area contributed by atoms with Crippen LogP contribution in [0.2, 0.25) is 0 Å². The molecule has 3 aromatic carbocycles. The van der Waals surface area contributed by atoms with E-state index in [4.69, 9.17) is 4.74 Å². The van der Waals surface area contributed by atoms with E-state index in [1.54, 1.807) is 0 Å². The number of esters is 1. The van der Waals surface area contributed by atoms with Crippen LogP contribution in [0.25, 0.3) is 11.1 Å². The third kappa shape index (κ3) is 6.30. The summed E-state index contributed by atoms with van der Waals surface area (Å²) in [5, 5.41) is 0. The van der Waals surface area contributed by atoms with Gasteiger partial charge in [0.1, 0.15) is 0 Å². The molecule has 3 aromatic rings. The summed E-state index contributed by atoms with van der Waals surface area (Å²) in [6.45, 7) is 11.3. The molecule has 0 radical (unpaired) electrons. The Kier molecular flexibility index (Phi) is 9.01. The zero-order chi connectivity index (χ0) is 28.0. The fourth-order valence-electron chi connectivity index (χ4n) is 6.38. The molecule has 1 aliphatic carbocycles. The monoisotopic (exact) mass is 520 g/mol. The highest BCUT2D eigenvalue weighted by atomic mass is 16.5. The minimum Gasteiger partial charge on any atom is -0.469 e. The number of aryl methyl sites for hydroxylation is 2. The minimum atomic E-state index is -0.217. The summed E-state index contributed by atoms with van der Waals surface area (Å²) in [7, 11) is 1.43. The quantitative estimate of drug-likeness (QED) is 0.229. The molecule has 1 saturated carbocycles. The Hall–Kier alpha value is -3.31. The first kappa shape index (κ1) is 28.7. The van der Waals surface area contributed by atoms with Crippen molar-refractivity contribution in [1.82, 2.24) is 0 Å². The lowest BCUT2D eigenvalue weighted by Crippen LogP contribution is -2.26. The molecule has 0 aromatic heterocycles. The molecule has 2 nitrogen and oxygen atoms in total. The second kappa shape index (κ2) is 12.3. The van der Waals surface area contributed by atoms with Crippen LogP contribution < -0.4 is 0 Å². The number of benzene rings is 3. The molecule has 0 unspecified atom stereocenters. The topological polar surface area (TPSA) is 26.3 Å². The van der Waals surface area contributed by atoms with Gasteiger partial charge in [-0.1, -0.05) is 99.5 Å². The van der Waals surface area contributed by atoms with Crippen LogP contribution in [0.1, 0.15) is 99.1 Å².